The number of non-ortho nitro benzene ring substituents is 1. The van der Waals surface area contributed by atoms with Gasteiger partial charge in [-0.15, -0.1) is 0 Å². The van der Waals surface area contributed by atoms with Crippen molar-refractivity contribution >= 4 is 17.1 Å². The molecule has 1 aromatic rings. The molecule has 2 rings (SSSR count). The van der Waals surface area contributed by atoms with Crippen molar-refractivity contribution in [3.8, 4) is 0 Å². The predicted octanol–water partition coefficient (Wildman–Crippen LogP) is 2.00. The van der Waals surface area contributed by atoms with Crippen molar-refractivity contribution in [1.82, 2.24) is 0 Å². The van der Waals surface area contributed by atoms with Crippen molar-refractivity contribution < 1.29 is 4.92 Å². The molecule has 0 bridgehead atoms. The molecule has 80 valence electrons. The molecule has 1 aliphatic carbocycles. The monoisotopic (exact) mass is 207 g/mol. The molecule has 0 heterocycles. The van der Waals surface area contributed by atoms with Crippen LogP contribution in [0.4, 0.5) is 17.1 Å². The van der Waals surface area contributed by atoms with Gasteiger partial charge in [0.05, 0.1) is 16.3 Å². The lowest BCUT2D eigenvalue weighted by atomic mass is 10.2. The average Bonchev–Trinajstić information content (AvgIpc) is 2.85. The van der Waals surface area contributed by atoms with Crippen LogP contribution in [0, 0.1) is 16.0 Å². The molecular weight excluding hydrogens is 194 g/mol. The van der Waals surface area contributed by atoms with Crippen LogP contribution in [-0.2, 0) is 0 Å². The third-order valence-electron chi connectivity index (χ3n) is 2.70. The van der Waals surface area contributed by atoms with Crippen LogP contribution in [0.3, 0.4) is 0 Å². The van der Waals surface area contributed by atoms with Gasteiger partial charge >= 0.3 is 0 Å². The van der Waals surface area contributed by atoms with Gasteiger partial charge < -0.3 is 11.1 Å². The van der Waals surface area contributed by atoms with Crippen LogP contribution in [-0.4, -0.2) is 11.0 Å². The van der Waals surface area contributed by atoms with Crippen LogP contribution >= 0.6 is 0 Å². The highest BCUT2D eigenvalue weighted by atomic mass is 16.6. The molecule has 1 fully saturated rings. The number of nitro benzene ring substituents is 1. The van der Waals surface area contributed by atoms with Gasteiger partial charge in [0.15, 0.2) is 0 Å². The highest BCUT2D eigenvalue weighted by molar-refractivity contribution is 5.70. The van der Waals surface area contributed by atoms with Crippen LogP contribution in [0.15, 0.2) is 18.2 Å². The van der Waals surface area contributed by atoms with E-state index >= 15 is 0 Å². The van der Waals surface area contributed by atoms with E-state index in [-0.39, 0.29) is 5.69 Å². The van der Waals surface area contributed by atoms with Gasteiger partial charge in [0, 0.05) is 18.2 Å². The van der Waals surface area contributed by atoms with Gasteiger partial charge in [-0.3, -0.25) is 10.1 Å². The summed E-state index contributed by atoms with van der Waals surface area (Å²) >= 11 is 0. The molecule has 15 heavy (non-hydrogen) atoms. The Morgan fingerprint density at radius 2 is 2.27 bits per heavy atom. The lowest BCUT2D eigenvalue weighted by Crippen LogP contribution is -2.06. The van der Waals surface area contributed by atoms with Gasteiger partial charge in [-0.05, 0) is 18.4 Å². The topological polar surface area (TPSA) is 81.2 Å². The third kappa shape index (κ3) is 2.01. The van der Waals surface area contributed by atoms with Gasteiger partial charge in [0.25, 0.3) is 5.69 Å². The quantitative estimate of drug-likeness (QED) is 0.451. The number of nitrogens with one attached hydrogen (secondary N) is 1. The maximum absolute atomic E-state index is 10.5. The molecule has 1 saturated carbocycles. The average molecular weight is 207 g/mol. The lowest BCUT2D eigenvalue weighted by Gasteiger charge is -2.07. The summed E-state index contributed by atoms with van der Waals surface area (Å²) < 4.78 is 0. The zero-order valence-electron chi connectivity index (χ0n) is 8.43. The second kappa shape index (κ2) is 3.42. The lowest BCUT2D eigenvalue weighted by molar-refractivity contribution is -0.384. The number of nitrogen functional groups attached to an aromatic ring is 1. The Kier molecular flexibility index (Phi) is 2.22. The maximum Gasteiger partial charge on any atom is 0.271 e. The van der Waals surface area contributed by atoms with Crippen LogP contribution in [0.25, 0.3) is 0 Å². The number of nitrogens with two attached hydrogens (primary N) is 1. The summed E-state index contributed by atoms with van der Waals surface area (Å²) in [6.45, 7) is 2.15. The van der Waals surface area contributed by atoms with E-state index in [1.54, 1.807) is 6.07 Å². The minimum atomic E-state index is -0.445. The van der Waals surface area contributed by atoms with E-state index in [0.717, 1.165) is 12.1 Å². The van der Waals surface area contributed by atoms with E-state index in [0.29, 0.717) is 17.6 Å². The molecule has 3 N–H and O–H groups in total. The van der Waals surface area contributed by atoms with Crippen molar-refractivity contribution in [3.05, 3.63) is 28.3 Å². The van der Waals surface area contributed by atoms with Gasteiger partial charge in [-0.2, -0.15) is 0 Å². The summed E-state index contributed by atoms with van der Waals surface area (Å²) in [5.74, 6) is 0.666. The first-order valence-corrected chi connectivity index (χ1v) is 4.88. The summed E-state index contributed by atoms with van der Waals surface area (Å²) in [7, 11) is 0. The van der Waals surface area contributed by atoms with Crippen molar-refractivity contribution in [2.75, 3.05) is 11.1 Å². The highest BCUT2D eigenvalue weighted by Gasteiger charge is 2.32. The summed E-state index contributed by atoms with van der Waals surface area (Å²) in [6, 6.07) is 4.98. The number of hydrogen-bond donors (Lipinski definition) is 2. The summed E-state index contributed by atoms with van der Waals surface area (Å²) in [4.78, 5) is 10.0. The summed E-state index contributed by atoms with van der Waals surface area (Å²) in [6.07, 6.45) is 1.14. The van der Waals surface area contributed by atoms with E-state index in [9.17, 15) is 10.1 Å². The molecule has 5 nitrogen and oxygen atoms in total. The zero-order chi connectivity index (χ0) is 11.0. The molecule has 1 aliphatic rings. The molecule has 0 saturated heterocycles. The normalized spacial score (nSPS) is 23.5. The molecule has 1 aromatic carbocycles. The Hall–Kier alpha value is -1.78. The highest BCUT2D eigenvalue weighted by Crippen LogP contribution is 2.35. The SMILES string of the molecule is CC1CC1Nc1ccc([N+](=O)[O-])cc1N. The summed E-state index contributed by atoms with van der Waals surface area (Å²) in [5, 5.41) is 13.7. The number of anilines is 2. The number of nitro groups is 1. The van der Waals surface area contributed by atoms with Crippen LogP contribution in [0.1, 0.15) is 13.3 Å². The van der Waals surface area contributed by atoms with E-state index in [2.05, 4.69) is 12.2 Å². The van der Waals surface area contributed by atoms with Crippen LogP contribution in [0.2, 0.25) is 0 Å². The van der Waals surface area contributed by atoms with Crippen molar-refractivity contribution in [2.24, 2.45) is 5.92 Å². The van der Waals surface area contributed by atoms with Crippen molar-refractivity contribution in [3.63, 3.8) is 0 Å². The first kappa shape index (κ1) is 9.76. The predicted molar refractivity (Wildman–Crippen MR) is 58.7 cm³/mol. The number of hydrogen-bond acceptors (Lipinski definition) is 4. The van der Waals surface area contributed by atoms with Gasteiger partial charge in [-0.25, -0.2) is 0 Å². The Balaban J connectivity index is 2.15. The van der Waals surface area contributed by atoms with E-state index in [1.807, 2.05) is 0 Å². The molecule has 0 aliphatic heterocycles. The number of nitrogens with zero attached hydrogens (tertiary/aromatic N) is 1. The molecule has 0 amide bonds. The van der Waals surface area contributed by atoms with Crippen molar-refractivity contribution in [2.45, 2.75) is 19.4 Å². The van der Waals surface area contributed by atoms with E-state index in [4.69, 9.17) is 5.73 Å². The first-order chi connectivity index (χ1) is 7.08. The van der Waals surface area contributed by atoms with Gasteiger partial charge in [-0.1, -0.05) is 6.92 Å². The Labute approximate surface area is 87.4 Å². The van der Waals surface area contributed by atoms with Gasteiger partial charge in [0.2, 0.25) is 0 Å². The minimum Gasteiger partial charge on any atom is -0.397 e. The molecule has 2 unspecified atom stereocenters. The number of benzene rings is 1. The molecular formula is C10H13N3O2. The molecule has 0 spiro atoms. The van der Waals surface area contributed by atoms with Gasteiger partial charge in [0.1, 0.15) is 0 Å². The number of rotatable bonds is 3. The Bertz CT molecular complexity index is 406. The second-order valence-corrected chi connectivity index (χ2v) is 3.99. The van der Waals surface area contributed by atoms with Crippen LogP contribution in [0.5, 0.6) is 0 Å². The maximum atomic E-state index is 10.5. The molecule has 2 atom stereocenters. The smallest absolute Gasteiger partial charge is 0.271 e. The largest absolute Gasteiger partial charge is 0.397 e. The minimum absolute atomic E-state index is 0.0295. The van der Waals surface area contributed by atoms with Crippen molar-refractivity contribution in [1.29, 1.82) is 0 Å². The first-order valence-electron chi connectivity index (χ1n) is 4.88. The standard InChI is InChI=1S/C10H13N3O2/c1-6-4-10(6)12-9-3-2-7(13(14)15)5-8(9)11/h2-3,5-6,10,12H,4,11H2,1H3. The van der Waals surface area contributed by atoms with E-state index < -0.39 is 4.92 Å². The molecule has 0 aromatic heterocycles. The third-order valence-corrected chi connectivity index (χ3v) is 2.70. The fourth-order valence-corrected chi connectivity index (χ4v) is 1.52. The zero-order valence-corrected chi connectivity index (χ0v) is 8.43. The molecule has 0 radical (unpaired) electrons. The Morgan fingerprint density at radius 1 is 1.60 bits per heavy atom. The summed E-state index contributed by atoms with van der Waals surface area (Å²) in [5.41, 5.74) is 6.96. The Morgan fingerprint density at radius 3 is 2.73 bits per heavy atom. The van der Waals surface area contributed by atoms with Crippen LogP contribution < -0.4 is 11.1 Å². The molecule has 5 heteroatoms. The van der Waals surface area contributed by atoms with E-state index in [1.165, 1.54) is 12.1 Å². The second-order valence-electron chi connectivity index (χ2n) is 3.99. The fraction of sp³-hybridized carbons (Fsp3) is 0.400. The fourth-order valence-electron chi connectivity index (χ4n) is 1.52.